The summed E-state index contributed by atoms with van der Waals surface area (Å²) in [4.78, 5) is 0.632. The monoisotopic (exact) mass is 629 g/mol. The average Bonchev–Trinajstić information content (AvgIpc) is 3.86. The standard InChI is InChI=1S/C45H33NO/c1-45(2)40-18-11-17-36(32-14-7-4-8-15-32)44(40)38-26-24-35(29-41(38)45)46(33-22-20-31(21-23-33)30-12-5-3-6-13-30)34-25-27-43-39(28-34)37-16-9-10-19-42(37)47-43/h3-29H,1-2H3/i3D,4D,5D,6D,7D,8D,9D,10D,11D,12D,13D,14D,15D,16D,17D,18D,19D,20D,21D,22D,23D,24D,25D,27D,28D,29D. The molecule has 0 unspecified atom stereocenters. The van der Waals surface area contributed by atoms with Gasteiger partial charge in [0, 0.05) is 33.2 Å². The zero-order valence-electron chi connectivity index (χ0n) is 50.4. The fourth-order valence-electron chi connectivity index (χ4n) is 5.73. The normalized spacial score (nSPS) is 20.8. The molecule has 0 spiro atoms. The second kappa shape index (κ2) is 10.6. The van der Waals surface area contributed by atoms with Crippen LogP contribution in [0.3, 0.4) is 0 Å². The molecule has 1 aromatic heterocycles. The highest BCUT2D eigenvalue weighted by Crippen LogP contribution is 2.53. The number of anilines is 3. The van der Waals surface area contributed by atoms with E-state index >= 15 is 0 Å². The Labute approximate surface area is 311 Å². The molecule has 224 valence electrons. The summed E-state index contributed by atoms with van der Waals surface area (Å²) in [5.74, 6) is 0. The minimum absolute atomic E-state index is 0.0923. The minimum Gasteiger partial charge on any atom is -0.456 e. The third-order valence-corrected chi connectivity index (χ3v) is 7.92. The first-order valence-electron chi connectivity index (χ1n) is 27.2. The van der Waals surface area contributed by atoms with E-state index in [1.807, 2.05) is 0 Å². The van der Waals surface area contributed by atoms with E-state index in [1.54, 1.807) is 0 Å². The number of furan rings is 1. The van der Waals surface area contributed by atoms with Crippen molar-refractivity contribution in [3.63, 3.8) is 0 Å². The van der Waals surface area contributed by atoms with Crippen LogP contribution in [0, 0.1) is 0 Å². The van der Waals surface area contributed by atoms with Crippen LogP contribution in [0.4, 0.5) is 17.1 Å². The van der Waals surface area contributed by atoms with Gasteiger partial charge in [-0.2, -0.15) is 0 Å². The number of nitrogens with zero attached hydrogens (tertiary/aromatic N) is 1. The molecule has 9 rings (SSSR count). The van der Waals surface area contributed by atoms with Crippen LogP contribution in [0.15, 0.2) is 168 Å². The van der Waals surface area contributed by atoms with Crippen molar-refractivity contribution >= 4 is 39.0 Å². The van der Waals surface area contributed by atoms with Gasteiger partial charge in [-0.15, -0.1) is 0 Å². The molecule has 7 aromatic carbocycles. The smallest absolute Gasteiger partial charge is 0.135 e. The predicted octanol–water partition coefficient (Wildman–Crippen LogP) is 12.7. The van der Waals surface area contributed by atoms with Gasteiger partial charge in [-0.1, -0.05) is 129 Å². The highest BCUT2D eigenvalue weighted by Gasteiger charge is 2.37. The van der Waals surface area contributed by atoms with Crippen LogP contribution >= 0.6 is 0 Å². The largest absolute Gasteiger partial charge is 0.456 e. The summed E-state index contributed by atoms with van der Waals surface area (Å²) >= 11 is 0. The third-order valence-electron chi connectivity index (χ3n) is 7.92. The quantitative estimate of drug-likeness (QED) is 0.188. The molecule has 2 nitrogen and oxygen atoms in total. The Balaban J connectivity index is 1.48. The Kier molecular flexibility index (Phi) is 2.65. The summed E-state index contributed by atoms with van der Waals surface area (Å²) in [6, 6.07) is -20.9. The van der Waals surface area contributed by atoms with E-state index in [4.69, 9.17) is 26.3 Å². The van der Waals surface area contributed by atoms with Crippen LogP contribution in [0.2, 0.25) is 0 Å². The molecule has 0 bridgehead atoms. The number of fused-ring (bicyclic) bond motifs is 6. The maximum absolute atomic E-state index is 10.1. The number of hydrogen-bond acceptors (Lipinski definition) is 2. The molecule has 47 heavy (non-hydrogen) atoms. The second-order valence-corrected chi connectivity index (χ2v) is 11.0. The van der Waals surface area contributed by atoms with E-state index in [0.29, 0.717) is 4.90 Å². The van der Waals surface area contributed by atoms with Crippen molar-refractivity contribution in [2.75, 3.05) is 4.90 Å². The topological polar surface area (TPSA) is 16.4 Å². The van der Waals surface area contributed by atoms with Gasteiger partial charge in [-0.3, -0.25) is 0 Å². The fourth-order valence-corrected chi connectivity index (χ4v) is 5.73. The van der Waals surface area contributed by atoms with Crippen LogP contribution in [0.1, 0.15) is 60.6 Å². The molecule has 0 N–H and O–H groups in total. The molecular formula is C45H33NO. The molecule has 0 saturated carbocycles. The van der Waals surface area contributed by atoms with E-state index in [9.17, 15) is 13.7 Å². The Bertz CT molecular complexity index is 3830. The van der Waals surface area contributed by atoms with E-state index in [0.717, 1.165) is 6.07 Å². The molecule has 0 saturated heterocycles. The van der Waals surface area contributed by atoms with Gasteiger partial charge in [0.1, 0.15) is 11.2 Å². The van der Waals surface area contributed by atoms with Crippen molar-refractivity contribution in [2.24, 2.45) is 0 Å². The zero-order valence-corrected chi connectivity index (χ0v) is 24.4. The fraction of sp³-hybridized carbons (Fsp3) is 0.0667. The lowest BCUT2D eigenvalue weighted by Crippen LogP contribution is -2.16. The highest BCUT2D eigenvalue weighted by atomic mass is 16.3. The Hall–Kier alpha value is -5.86. The summed E-state index contributed by atoms with van der Waals surface area (Å²) in [6.07, 6.45) is 0. The van der Waals surface area contributed by atoms with Crippen molar-refractivity contribution in [3.05, 3.63) is 174 Å². The summed E-state index contributed by atoms with van der Waals surface area (Å²) in [6.45, 7) is 2.96. The number of para-hydroxylation sites is 1. The molecule has 0 aliphatic heterocycles. The molecule has 2 heteroatoms. The van der Waals surface area contributed by atoms with E-state index in [-0.39, 0.29) is 22.3 Å². The van der Waals surface area contributed by atoms with Crippen LogP contribution in [-0.2, 0) is 5.41 Å². The van der Waals surface area contributed by atoms with Gasteiger partial charge in [-0.05, 0) is 92.8 Å². The van der Waals surface area contributed by atoms with Crippen molar-refractivity contribution in [1.82, 2.24) is 0 Å². The highest BCUT2D eigenvalue weighted by molar-refractivity contribution is 6.06. The summed E-state index contributed by atoms with van der Waals surface area (Å²) in [5, 5.41) is -0.950. The average molecular weight is 630 g/mol. The lowest BCUT2D eigenvalue weighted by atomic mass is 9.81. The van der Waals surface area contributed by atoms with Gasteiger partial charge in [0.05, 0.1) is 35.6 Å². The first-order chi connectivity index (χ1) is 33.9. The molecule has 1 aliphatic carbocycles. The lowest BCUT2D eigenvalue weighted by molar-refractivity contribution is 0.660. The van der Waals surface area contributed by atoms with Crippen LogP contribution in [0.5, 0.6) is 0 Å². The predicted molar refractivity (Wildman–Crippen MR) is 197 cm³/mol. The van der Waals surface area contributed by atoms with Crippen LogP contribution in [0.25, 0.3) is 55.3 Å². The molecule has 0 amide bonds. The Morgan fingerprint density at radius 1 is 0.489 bits per heavy atom. The summed E-state index contributed by atoms with van der Waals surface area (Å²) in [7, 11) is 0. The van der Waals surface area contributed by atoms with Crippen LogP contribution < -0.4 is 4.90 Å². The lowest BCUT2D eigenvalue weighted by Gasteiger charge is -2.28. The van der Waals surface area contributed by atoms with Crippen molar-refractivity contribution in [1.29, 1.82) is 0 Å². The Morgan fingerprint density at radius 2 is 1.13 bits per heavy atom. The van der Waals surface area contributed by atoms with Gasteiger partial charge < -0.3 is 9.32 Å². The maximum Gasteiger partial charge on any atom is 0.135 e. The number of hydrogen-bond donors (Lipinski definition) is 0. The van der Waals surface area contributed by atoms with Gasteiger partial charge in [0.15, 0.2) is 0 Å². The third kappa shape index (κ3) is 4.40. The minimum atomic E-state index is -1.67. The Morgan fingerprint density at radius 3 is 1.91 bits per heavy atom. The molecule has 1 heterocycles. The second-order valence-electron chi connectivity index (χ2n) is 11.0. The van der Waals surface area contributed by atoms with Crippen molar-refractivity contribution in [3.8, 4) is 33.4 Å². The SMILES string of the molecule is [2H]c1cc2c(c([2H])c1N(c1c([2H])c([2H])c(-c3c([2H])c([2H])c([2H])c([2H])c3[2H])c([2H])c1[2H])c1c([2H])c([2H])c3oc4c([2H])c([2H])c([2H])c([2H])c4c3c1[2H])C(C)(C)c1c([2H])c([2H])c([2H])c(-c3c([2H])c([2H])c([2H])c([2H])c3[2H])c1-2. The first kappa shape index (κ1) is 11.7. The molecule has 8 aromatic rings. The summed E-state index contributed by atoms with van der Waals surface area (Å²) < 4.78 is 238. The zero-order chi connectivity index (χ0) is 54.2. The maximum atomic E-state index is 10.1. The van der Waals surface area contributed by atoms with Gasteiger partial charge in [0.25, 0.3) is 0 Å². The van der Waals surface area contributed by atoms with Crippen molar-refractivity contribution < 1.29 is 40.1 Å². The summed E-state index contributed by atoms with van der Waals surface area (Å²) in [5.41, 5.74) is -8.29. The van der Waals surface area contributed by atoms with Gasteiger partial charge in [0.2, 0.25) is 0 Å². The van der Waals surface area contributed by atoms with E-state index in [1.165, 1.54) is 13.8 Å². The number of benzene rings is 7. The van der Waals surface area contributed by atoms with Crippen LogP contribution in [-0.4, -0.2) is 0 Å². The molecule has 0 atom stereocenters. The number of rotatable bonds is 5. The van der Waals surface area contributed by atoms with E-state index < -0.39 is 224 Å². The van der Waals surface area contributed by atoms with Gasteiger partial charge >= 0.3 is 0 Å². The first-order valence-corrected chi connectivity index (χ1v) is 14.2. The molecule has 1 aliphatic rings. The van der Waals surface area contributed by atoms with Crippen molar-refractivity contribution in [2.45, 2.75) is 19.3 Å². The van der Waals surface area contributed by atoms with Gasteiger partial charge in [-0.25, -0.2) is 0 Å². The molecule has 0 fully saturated rings. The van der Waals surface area contributed by atoms with E-state index in [2.05, 4.69) is 0 Å². The molecular weight excluding hydrogens is 571 g/mol. The molecule has 0 radical (unpaired) electrons.